The van der Waals surface area contributed by atoms with Gasteiger partial charge in [-0.05, 0) is 38.4 Å². The first-order valence-corrected chi connectivity index (χ1v) is 9.11. The maximum atomic E-state index is 12.8. The monoisotopic (exact) mass is 347 g/mol. The van der Waals surface area contributed by atoms with Gasteiger partial charge >= 0.3 is 0 Å². The summed E-state index contributed by atoms with van der Waals surface area (Å²) in [5.74, 6) is 0.720. The minimum atomic E-state index is -0.419. The van der Waals surface area contributed by atoms with E-state index in [0.717, 1.165) is 25.2 Å². The fourth-order valence-electron chi connectivity index (χ4n) is 3.34. The lowest BCUT2D eigenvalue weighted by Gasteiger charge is -2.31. The van der Waals surface area contributed by atoms with Crippen LogP contribution in [0.15, 0.2) is 24.3 Å². The Labute approximate surface area is 150 Å². The van der Waals surface area contributed by atoms with Crippen molar-refractivity contribution >= 4 is 11.6 Å². The summed E-state index contributed by atoms with van der Waals surface area (Å²) in [5, 5.41) is 10.7. The number of nitrogens with zero attached hydrogens (tertiary/aromatic N) is 3. The number of likely N-dealkylation sites (N-methyl/N-ethyl adjacent to an activating group) is 1. The van der Waals surface area contributed by atoms with Gasteiger partial charge in [0, 0.05) is 31.8 Å². The number of hydrogen-bond acceptors (Lipinski definition) is 4. The van der Waals surface area contributed by atoms with Crippen LogP contribution in [0.1, 0.15) is 37.7 Å². The topological polar surface area (TPSA) is 66.7 Å². The molecule has 6 nitrogen and oxygen atoms in total. The first-order chi connectivity index (χ1) is 12.0. The normalized spacial score (nSPS) is 15.3. The number of nitro benzene ring substituents is 1. The zero-order valence-corrected chi connectivity index (χ0v) is 15.3. The van der Waals surface area contributed by atoms with Crippen molar-refractivity contribution in [3.8, 4) is 0 Å². The largest absolute Gasteiger partial charge is 0.341 e. The van der Waals surface area contributed by atoms with Crippen LogP contribution in [-0.2, 0) is 11.2 Å². The van der Waals surface area contributed by atoms with Gasteiger partial charge in [-0.1, -0.05) is 31.4 Å². The molecule has 25 heavy (non-hydrogen) atoms. The van der Waals surface area contributed by atoms with Crippen LogP contribution in [0.5, 0.6) is 0 Å². The molecular weight excluding hydrogens is 318 g/mol. The summed E-state index contributed by atoms with van der Waals surface area (Å²) in [4.78, 5) is 27.2. The first-order valence-electron chi connectivity index (χ1n) is 9.11. The highest BCUT2D eigenvalue weighted by molar-refractivity contribution is 5.78. The number of non-ortho nitro benzene ring substituents is 1. The number of nitro groups is 1. The Morgan fingerprint density at radius 3 is 2.32 bits per heavy atom. The highest BCUT2D eigenvalue weighted by Gasteiger charge is 2.21. The average molecular weight is 347 g/mol. The number of hydrogen-bond donors (Lipinski definition) is 0. The van der Waals surface area contributed by atoms with Gasteiger partial charge in [0.05, 0.1) is 11.3 Å². The Morgan fingerprint density at radius 2 is 1.76 bits per heavy atom. The molecule has 0 atom stereocenters. The Kier molecular flexibility index (Phi) is 7.37. The Morgan fingerprint density at radius 1 is 1.12 bits per heavy atom. The molecule has 0 unspecified atom stereocenters. The standard InChI is InChI=1S/C19H29N3O3/c1-20(2)12-13-21(15-17-6-4-3-5-7-17)19(23)14-16-8-10-18(11-9-16)22(24)25/h8-11,17H,3-7,12-15H2,1-2H3. The predicted molar refractivity (Wildman–Crippen MR) is 98.5 cm³/mol. The lowest BCUT2D eigenvalue weighted by Crippen LogP contribution is -2.41. The quantitative estimate of drug-likeness (QED) is 0.535. The van der Waals surface area contributed by atoms with Crippen molar-refractivity contribution in [3.63, 3.8) is 0 Å². The molecular formula is C19H29N3O3. The zero-order valence-electron chi connectivity index (χ0n) is 15.3. The smallest absolute Gasteiger partial charge is 0.269 e. The second-order valence-corrected chi connectivity index (χ2v) is 7.25. The number of rotatable bonds is 8. The molecule has 1 aliphatic rings. The molecule has 1 aliphatic carbocycles. The molecule has 138 valence electrons. The minimum absolute atomic E-state index is 0.0582. The SMILES string of the molecule is CN(C)CCN(CC1CCCCC1)C(=O)Cc1ccc([N+](=O)[O-])cc1. The van der Waals surface area contributed by atoms with E-state index in [4.69, 9.17) is 0 Å². The van der Waals surface area contributed by atoms with E-state index in [2.05, 4.69) is 4.90 Å². The fraction of sp³-hybridized carbons (Fsp3) is 0.632. The number of benzene rings is 1. The van der Waals surface area contributed by atoms with Crippen molar-refractivity contribution in [2.24, 2.45) is 5.92 Å². The van der Waals surface area contributed by atoms with Crippen molar-refractivity contribution in [1.82, 2.24) is 9.80 Å². The Bertz CT molecular complexity index is 566. The highest BCUT2D eigenvalue weighted by Crippen LogP contribution is 2.24. The van der Waals surface area contributed by atoms with Gasteiger partial charge in [0.15, 0.2) is 0 Å². The van der Waals surface area contributed by atoms with Crippen molar-refractivity contribution in [1.29, 1.82) is 0 Å². The van der Waals surface area contributed by atoms with Crippen LogP contribution in [-0.4, -0.2) is 54.4 Å². The van der Waals surface area contributed by atoms with Crippen molar-refractivity contribution < 1.29 is 9.72 Å². The van der Waals surface area contributed by atoms with E-state index in [1.54, 1.807) is 12.1 Å². The van der Waals surface area contributed by atoms with Gasteiger partial charge in [-0.2, -0.15) is 0 Å². The molecule has 1 fully saturated rings. The summed E-state index contributed by atoms with van der Waals surface area (Å²) in [5.41, 5.74) is 0.886. The van der Waals surface area contributed by atoms with Crippen LogP contribution >= 0.6 is 0 Å². The molecule has 0 saturated heterocycles. The molecule has 0 heterocycles. The third kappa shape index (κ3) is 6.46. The summed E-state index contributed by atoms with van der Waals surface area (Å²) >= 11 is 0. The second-order valence-electron chi connectivity index (χ2n) is 7.25. The van der Waals surface area contributed by atoms with E-state index in [9.17, 15) is 14.9 Å². The first kappa shape index (κ1) is 19.4. The Balaban J connectivity index is 1.98. The molecule has 0 spiro atoms. The van der Waals surface area contributed by atoms with Crippen LogP contribution in [0.3, 0.4) is 0 Å². The van der Waals surface area contributed by atoms with Crippen LogP contribution < -0.4 is 0 Å². The van der Waals surface area contributed by atoms with Gasteiger partial charge in [0.25, 0.3) is 5.69 Å². The molecule has 1 amide bonds. The lowest BCUT2D eigenvalue weighted by atomic mass is 9.89. The number of carbonyl (C=O) groups excluding carboxylic acids is 1. The van der Waals surface area contributed by atoms with Crippen molar-refractivity contribution in [3.05, 3.63) is 39.9 Å². The molecule has 0 bridgehead atoms. The molecule has 0 N–H and O–H groups in total. The average Bonchev–Trinajstić information content (AvgIpc) is 2.59. The van der Waals surface area contributed by atoms with Crippen LogP contribution in [0, 0.1) is 16.0 Å². The number of amides is 1. The van der Waals surface area contributed by atoms with E-state index < -0.39 is 4.92 Å². The summed E-state index contributed by atoms with van der Waals surface area (Å²) < 4.78 is 0. The van der Waals surface area contributed by atoms with E-state index in [0.29, 0.717) is 12.3 Å². The molecule has 0 radical (unpaired) electrons. The molecule has 1 saturated carbocycles. The van der Waals surface area contributed by atoms with Crippen LogP contribution in [0.2, 0.25) is 0 Å². The van der Waals surface area contributed by atoms with Gasteiger partial charge < -0.3 is 9.80 Å². The van der Waals surface area contributed by atoms with E-state index in [1.807, 2.05) is 19.0 Å². The van der Waals surface area contributed by atoms with Gasteiger partial charge in [0.1, 0.15) is 0 Å². The highest BCUT2D eigenvalue weighted by atomic mass is 16.6. The molecule has 2 rings (SSSR count). The van der Waals surface area contributed by atoms with E-state index in [1.165, 1.54) is 44.2 Å². The summed E-state index contributed by atoms with van der Waals surface area (Å²) in [6.07, 6.45) is 6.57. The van der Waals surface area contributed by atoms with Crippen molar-refractivity contribution in [2.75, 3.05) is 33.7 Å². The third-order valence-electron chi connectivity index (χ3n) is 4.88. The van der Waals surface area contributed by atoms with E-state index >= 15 is 0 Å². The summed E-state index contributed by atoms with van der Waals surface area (Å²) in [7, 11) is 4.03. The third-order valence-corrected chi connectivity index (χ3v) is 4.88. The van der Waals surface area contributed by atoms with Gasteiger partial charge in [0.2, 0.25) is 5.91 Å². The van der Waals surface area contributed by atoms with Crippen LogP contribution in [0.25, 0.3) is 0 Å². The van der Waals surface area contributed by atoms with Gasteiger partial charge in [-0.3, -0.25) is 14.9 Å². The second kappa shape index (κ2) is 9.51. The minimum Gasteiger partial charge on any atom is -0.341 e. The van der Waals surface area contributed by atoms with Crippen LogP contribution in [0.4, 0.5) is 5.69 Å². The zero-order chi connectivity index (χ0) is 18.2. The maximum Gasteiger partial charge on any atom is 0.269 e. The van der Waals surface area contributed by atoms with Gasteiger partial charge in [-0.15, -0.1) is 0 Å². The lowest BCUT2D eigenvalue weighted by molar-refractivity contribution is -0.384. The molecule has 0 aromatic heterocycles. The molecule has 0 aliphatic heterocycles. The van der Waals surface area contributed by atoms with Gasteiger partial charge in [-0.25, -0.2) is 0 Å². The Hall–Kier alpha value is -1.95. The fourth-order valence-corrected chi connectivity index (χ4v) is 3.34. The van der Waals surface area contributed by atoms with Crippen molar-refractivity contribution in [2.45, 2.75) is 38.5 Å². The van der Waals surface area contributed by atoms with E-state index in [-0.39, 0.29) is 11.6 Å². The summed E-state index contributed by atoms with van der Waals surface area (Å²) in [6.45, 7) is 2.41. The molecule has 6 heteroatoms. The number of carbonyl (C=O) groups is 1. The maximum absolute atomic E-state index is 12.8. The predicted octanol–water partition coefficient (Wildman–Crippen LogP) is 3.11. The summed E-state index contributed by atoms with van der Waals surface area (Å²) in [6, 6.07) is 6.29. The molecule has 1 aromatic rings. The molecule has 1 aromatic carbocycles.